The number of carbonyl (C=O) groups is 1. The first-order chi connectivity index (χ1) is 10.6. The molecule has 1 aromatic heterocycles. The zero-order valence-electron chi connectivity index (χ0n) is 12.1. The van der Waals surface area contributed by atoms with E-state index in [1.54, 1.807) is 6.07 Å². The number of aromatic nitrogens is 1. The fraction of sp³-hybridized carbons (Fsp3) is 0.500. The number of carboxylic acids is 1. The Morgan fingerprint density at radius 3 is 2.82 bits per heavy atom. The fourth-order valence-electron chi connectivity index (χ4n) is 2.37. The summed E-state index contributed by atoms with van der Waals surface area (Å²) in [5.74, 6) is 6.27. The van der Waals surface area contributed by atoms with Gasteiger partial charge in [-0.15, -0.1) is 0 Å². The summed E-state index contributed by atoms with van der Waals surface area (Å²) < 4.78 is 5.26. The molecule has 2 fully saturated rings. The molecule has 2 heterocycles. The van der Waals surface area contributed by atoms with Crippen molar-refractivity contribution < 1.29 is 14.6 Å². The molecule has 0 atom stereocenters. The number of ether oxygens (including phenoxy) is 1. The number of hydrogen-bond donors (Lipinski definition) is 2. The van der Waals surface area contributed by atoms with Crippen LogP contribution < -0.4 is 5.32 Å². The van der Waals surface area contributed by atoms with Crippen molar-refractivity contribution in [2.24, 2.45) is 5.92 Å². The van der Waals surface area contributed by atoms with Crippen LogP contribution in [0.2, 0.25) is 5.02 Å². The SMILES string of the molecule is O=C(O)C1(Nc2cc(C#CC3CC3)c(Cl)cn2)CCOCC1. The van der Waals surface area contributed by atoms with Gasteiger partial charge in [-0.25, -0.2) is 9.78 Å². The zero-order chi connectivity index (χ0) is 15.6. The van der Waals surface area contributed by atoms with Gasteiger partial charge in [0.2, 0.25) is 0 Å². The lowest BCUT2D eigenvalue weighted by Gasteiger charge is -2.34. The van der Waals surface area contributed by atoms with E-state index in [2.05, 4.69) is 22.1 Å². The van der Waals surface area contributed by atoms with E-state index in [1.165, 1.54) is 6.20 Å². The Balaban J connectivity index is 1.83. The maximum Gasteiger partial charge on any atom is 0.329 e. The molecule has 5 nitrogen and oxygen atoms in total. The molecular weight excluding hydrogens is 304 g/mol. The highest BCUT2D eigenvalue weighted by molar-refractivity contribution is 6.31. The van der Waals surface area contributed by atoms with Crippen LogP contribution in [0.1, 0.15) is 31.2 Å². The standard InChI is InChI=1S/C16H17ClN2O3/c17-13-10-18-14(9-12(13)4-3-11-1-2-11)19-16(15(20)21)5-7-22-8-6-16/h9-11H,1-2,5-8H2,(H,18,19)(H,20,21). The smallest absolute Gasteiger partial charge is 0.329 e. The molecule has 1 saturated heterocycles. The van der Waals surface area contributed by atoms with Gasteiger partial charge in [0.15, 0.2) is 0 Å². The predicted octanol–water partition coefficient (Wildman–Crippen LogP) is 2.54. The van der Waals surface area contributed by atoms with Gasteiger partial charge in [0.05, 0.1) is 5.02 Å². The van der Waals surface area contributed by atoms with Crippen LogP contribution in [0.3, 0.4) is 0 Å². The van der Waals surface area contributed by atoms with Crippen molar-refractivity contribution in [1.29, 1.82) is 0 Å². The largest absolute Gasteiger partial charge is 0.480 e. The van der Waals surface area contributed by atoms with E-state index >= 15 is 0 Å². The van der Waals surface area contributed by atoms with Gasteiger partial charge in [0.25, 0.3) is 0 Å². The van der Waals surface area contributed by atoms with Crippen molar-refractivity contribution >= 4 is 23.4 Å². The number of aliphatic carboxylic acids is 1. The minimum Gasteiger partial charge on any atom is -0.480 e. The molecule has 2 aliphatic rings. The van der Waals surface area contributed by atoms with E-state index in [-0.39, 0.29) is 0 Å². The number of carboxylic acid groups (broad SMARTS) is 1. The minimum absolute atomic E-state index is 0.399. The van der Waals surface area contributed by atoms with Crippen LogP contribution in [0, 0.1) is 17.8 Å². The van der Waals surface area contributed by atoms with Gasteiger partial charge in [0.1, 0.15) is 11.4 Å². The highest BCUT2D eigenvalue weighted by Gasteiger charge is 2.40. The molecule has 3 rings (SSSR count). The number of nitrogens with one attached hydrogen (secondary N) is 1. The molecule has 0 spiro atoms. The first-order valence-electron chi connectivity index (χ1n) is 7.35. The Morgan fingerprint density at radius 2 is 2.18 bits per heavy atom. The first kappa shape index (κ1) is 15.1. The van der Waals surface area contributed by atoms with Gasteiger partial charge in [-0.1, -0.05) is 23.4 Å². The van der Waals surface area contributed by atoms with Crippen molar-refractivity contribution in [2.75, 3.05) is 18.5 Å². The molecule has 0 bridgehead atoms. The molecule has 1 aliphatic heterocycles. The summed E-state index contributed by atoms with van der Waals surface area (Å²) in [6.07, 6.45) is 4.59. The monoisotopic (exact) mass is 320 g/mol. The number of anilines is 1. The molecule has 116 valence electrons. The molecule has 0 aromatic carbocycles. The van der Waals surface area contributed by atoms with Crippen molar-refractivity contribution in [1.82, 2.24) is 4.98 Å². The normalized spacial score (nSPS) is 19.9. The van der Waals surface area contributed by atoms with Crippen LogP contribution in [0.4, 0.5) is 5.82 Å². The Bertz CT molecular complexity index is 641. The predicted molar refractivity (Wildman–Crippen MR) is 82.9 cm³/mol. The fourth-order valence-corrected chi connectivity index (χ4v) is 2.52. The number of halogens is 1. The number of pyridine rings is 1. The summed E-state index contributed by atoms with van der Waals surface area (Å²) in [6, 6.07) is 1.72. The molecule has 1 aromatic rings. The average molecular weight is 321 g/mol. The molecule has 1 aliphatic carbocycles. The average Bonchev–Trinajstić information content (AvgIpc) is 3.33. The molecule has 0 unspecified atom stereocenters. The Kier molecular flexibility index (Phi) is 4.23. The van der Waals surface area contributed by atoms with Crippen molar-refractivity contribution in [3.63, 3.8) is 0 Å². The summed E-state index contributed by atoms with van der Waals surface area (Å²) in [6.45, 7) is 0.836. The van der Waals surface area contributed by atoms with Crippen LogP contribution >= 0.6 is 11.6 Å². The maximum absolute atomic E-state index is 11.7. The maximum atomic E-state index is 11.7. The summed E-state index contributed by atoms with van der Waals surface area (Å²) in [5.41, 5.74) is -0.362. The molecule has 2 N–H and O–H groups in total. The molecule has 6 heteroatoms. The van der Waals surface area contributed by atoms with Crippen LogP contribution in [0.25, 0.3) is 0 Å². The summed E-state index contributed by atoms with van der Waals surface area (Å²) in [5, 5.41) is 13.1. The van der Waals surface area contributed by atoms with Gasteiger partial charge in [0, 0.05) is 43.7 Å². The molecule has 0 amide bonds. The lowest BCUT2D eigenvalue weighted by atomic mass is 9.90. The highest BCUT2D eigenvalue weighted by Crippen LogP contribution is 2.29. The lowest BCUT2D eigenvalue weighted by molar-refractivity contribution is -0.145. The van der Waals surface area contributed by atoms with Gasteiger partial charge in [-0.05, 0) is 18.9 Å². The van der Waals surface area contributed by atoms with Crippen molar-refractivity contribution in [3.05, 3.63) is 22.8 Å². The third-order valence-electron chi connectivity index (χ3n) is 3.97. The summed E-state index contributed by atoms with van der Waals surface area (Å²) in [4.78, 5) is 15.8. The third-order valence-corrected chi connectivity index (χ3v) is 4.27. The Hall–Kier alpha value is -1.77. The van der Waals surface area contributed by atoms with Crippen molar-refractivity contribution in [3.8, 4) is 11.8 Å². The first-order valence-corrected chi connectivity index (χ1v) is 7.73. The van der Waals surface area contributed by atoms with Crippen LogP contribution in [0.15, 0.2) is 12.3 Å². The second kappa shape index (κ2) is 6.15. The molecule has 1 saturated carbocycles. The van der Waals surface area contributed by atoms with E-state index in [0.29, 0.717) is 48.4 Å². The van der Waals surface area contributed by atoms with Gasteiger partial charge < -0.3 is 15.2 Å². The minimum atomic E-state index is -1.04. The summed E-state index contributed by atoms with van der Waals surface area (Å²) >= 11 is 6.11. The number of nitrogens with zero attached hydrogens (tertiary/aromatic N) is 1. The van der Waals surface area contributed by atoms with Crippen LogP contribution in [0.5, 0.6) is 0 Å². The number of rotatable bonds is 3. The molecular formula is C16H17ClN2O3. The molecule has 0 radical (unpaired) electrons. The van der Waals surface area contributed by atoms with Crippen LogP contribution in [-0.2, 0) is 9.53 Å². The van der Waals surface area contributed by atoms with Crippen LogP contribution in [-0.4, -0.2) is 34.8 Å². The van der Waals surface area contributed by atoms with E-state index < -0.39 is 11.5 Å². The van der Waals surface area contributed by atoms with E-state index in [0.717, 1.165) is 12.8 Å². The van der Waals surface area contributed by atoms with Gasteiger partial charge >= 0.3 is 5.97 Å². The third kappa shape index (κ3) is 3.34. The van der Waals surface area contributed by atoms with Gasteiger partial charge in [-0.3, -0.25) is 0 Å². The Morgan fingerprint density at radius 1 is 1.45 bits per heavy atom. The second-order valence-electron chi connectivity index (χ2n) is 5.72. The topological polar surface area (TPSA) is 71.5 Å². The lowest BCUT2D eigenvalue weighted by Crippen LogP contribution is -2.50. The summed E-state index contributed by atoms with van der Waals surface area (Å²) in [7, 11) is 0. The van der Waals surface area contributed by atoms with E-state index in [9.17, 15) is 9.90 Å². The Labute approximate surface area is 134 Å². The van der Waals surface area contributed by atoms with E-state index in [1.807, 2.05) is 0 Å². The number of hydrogen-bond acceptors (Lipinski definition) is 4. The zero-order valence-corrected chi connectivity index (χ0v) is 12.8. The van der Waals surface area contributed by atoms with E-state index in [4.69, 9.17) is 16.3 Å². The second-order valence-corrected chi connectivity index (χ2v) is 6.12. The van der Waals surface area contributed by atoms with Gasteiger partial charge in [-0.2, -0.15) is 0 Å². The molecule has 22 heavy (non-hydrogen) atoms. The highest BCUT2D eigenvalue weighted by atomic mass is 35.5. The quantitative estimate of drug-likeness (QED) is 0.837. The van der Waals surface area contributed by atoms with Crippen molar-refractivity contribution in [2.45, 2.75) is 31.2 Å².